The second-order valence-corrected chi connectivity index (χ2v) is 11.9. The van der Waals surface area contributed by atoms with Gasteiger partial charge in [-0.05, 0) is 63.3 Å². The standard InChI is InChI=1S/C33H31BrCl2N2O3/c34-32-25-14-7-4-11-23(25)17-18-30(32)41-21-31(39)38(20-26-27(35)15-8-16-28(26)36)29(19-22-9-2-1-3-10-22)33(40)37-24-12-5-6-13-24/h1-4,7-11,14-18,24,29H,5-6,12-13,19-21H2,(H,37,40)/t29-/m1/s1. The van der Waals surface area contributed by atoms with Crippen LogP contribution in [0.25, 0.3) is 10.8 Å². The van der Waals surface area contributed by atoms with E-state index in [2.05, 4.69) is 21.2 Å². The Bertz CT molecular complexity index is 1510. The molecule has 4 aromatic carbocycles. The molecule has 0 spiro atoms. The molecule has 8 heteroatoms. The van der Waals surface area contributed by atoms with Gasteiger partial charge in [0.1, 0.15) is 11.8 Å². The normalized spacial score (nSPS) is 14.1. The average molecular weight is 654 g/mol. The number of fused-ring (bicyclic) bond motifs is 1. The molecule has 5 rings (SSSR count). The first-order valence-electron chi connectivity index (χ1n) is 13.8. The first-order valence-corrected chi connectivity index (χ1v) is 15.3. The second-order valence-electron chi connectivity index (χ2n) is 10.3. The van der Waals surface area contributed by atoms with Crippen molar-refractivity contribution < 1.29 is 14.3 Å². The third kappa shape index (κ3) is 7.24. The molecule has 1 aliphatic carbocycles. The highest BCUT2D eigenvalue weighted by Gasteiger charge is 2.33. The van der Waals surface area contributed by atoms with E-state index < -0.39 is 6.04 Å². The fraction of sp³-hybridized carbons (Fsp3) is 0.273. The van der Waals surface area contributed by atoms with Gasteiger partial charge in [0.05, 0.1) is 4.47 Å². The summed E-state index contributed by atoms with van der Waals surface area (Å²) in [5.74, 6) is 0.00973. The molecular formula is C33H31BrCl2N2O3. The van der Waals surface area contributed by atoms with E-state index in [1.54, 1.807) is 23.1 Å². The molecule has 1 saturated carbocycles. The summed E-state index contributed by atoms with van der Waals surface area (Å²) in [5.41, 5.74) is 1.53. The van der Waals surface area contributed by atoms with E-state index in [0.29, 0.717) is 27.8 Å². The summed E-state index contributed by atoms with van der Waals surface area (Å²) in [4.78, 5) is 29.4. The number of halogens is 3. The quantitative estimate of drug-likeness (QED) is 0.189. The van der Waals surface area contributed by atoms with Crippen LogP contribution in [0.15, 0.2) is 89.4 Å². The first-order chi connectivity index (χ1) is 19.9. The van der Waals surface area contributed by atoms with Crippen LogP contribution in [0.3, 0.4) is 0 Å². The summed E-state index contributed by atoms with van der Waals surface area (Å²) < 4.78 is 6.83. The van der Waals surface area contributed by atoms with Crippen molar-refractivity contribution >= 4 is 61.7 Å². The van der Waals surface area contributed by atoms with Gasteiger partial charge in [0, 0.05) is 34.6 Å². The Morgan fingerprint density at radius 1 is 0.902 bits per heavy atom. The van der Waals surface area contributed by atoms with Crippen molar-refractivity contribution in [3.05, 3.63) is 111 Å². The topological polar surface area (TPSA) is 58.6 Å². The van der Waals surface area contributed by atoms with Crippen LogP contribution in [0, 0.1) is 0 Å². The zero-order valence-corrected chi connectivity index (χ0v) is 25.6. The van der Waals surface area contributed by atoms with Crippen LogP contribution in [0.1, 0.15) is 36.8 Å². The summed E-state index contributed by atoms with van der Waals surface area (Å²) in [5, 5.41) is 6.11. The maximum Gasteiger partial charge on any atom is 0.261 e. The minimum atomic E-state index is -0.790. The molecule has 0 radical (unpaired) electrons. The van der Waals surface area contributed by atoms with Crippen molar-refractivity contribution in [2.24, 2.45) is 0 Å². The molecule has 4 aromatic rings. The molecule has 0 unspecified atom stereocenters. The number of hydrogen-bond acceptors (Lipinski definition) is 3. The van der Waals surface area contributed by atoms with Gasteiger partial charge < -0.3 is 15.0 Å². The lowest BCUT2D eigenvalue weighted by molar-refractivity contribution is -0.143. The van der Waals surface area contributed by atoms with Crippen LogP contribution >= 0.6 is 39.1 Å². The molecular weight excluding hydrogens is 623 g/mol. The number of amides is 2. The number of ether oxygens (including phenoxy) is 1. The number of carbonyl (C=O) groups is 2. The average Bonchev–Trinajstić information content (AvgIpc) is 3.49. The van der Waals surface area contributed by atoms with Crippen molar-refractivity contribution in [2.45, 2.75) is 50.7 Å². The van der Waals surface area contributed by atoms with E-state index in [-0.39, 0.29) is 31.0 Å². The lowest BCUT2D eigenvalue weighted by atomic mass is 10.0. The van der Waals surface area contributed by atoms with Crippen molar-refractivity contribution in [1.29, 1.82) is 0 Å². The van der Waals surface area contributed by atoms with Crippen LogP contribution in [-0.2, 0) is 22.6 Å². The van der Waals surface area contributed by atoms with Gasteiger partial charge in [-0.15, -0.1) is 0 Å². The maximum absolute atomic E-state index is 14.0. The Kier molecular flexibility index (Phi) is 9.86. The molecule has 0 bridgehead atoms. The van der Waals surface area contributed by atoms with Gasteiger partial charge in [0.2, 0.25) is 5.91 Å². The first kappa shape index (κ1) is 29.4. The van der Waals surface area contributed by atoms with Gasteiger partial charge in [0.25, 0.3) is 5.91 Å². The summed E-state index contributed by atoms with van der Waals surface area (Å²) in [6, 6.07) is 26.0. The summed E-state index contributed by atoms with van der Waals surface area (Å²) in [6.07, 6.45) is 4.38. The predicted molar refractivity (Wildman–Crippen MR) is 168 cm³/mol. The predicted octanol–water partition coefficient (Wildman–Crippen LogP) is 7.99. The van der Waals surface area contributed by atoms with Gasteiger partial charge >= 0.3 is 0 Å². The summed E-state index contributed by atoms with van der Waals surface area (Å²) >= 11 is 16.7. The number of nitrogens with one attached hydrogen (secondary N) is 1. The van der Waals surface area contributed by atoms with Gasteiger partial charge in [-0.25, -0.2) is 0 Å². The Morgan fingerprint density at radius 3 is 2.32 bits per heavy atom. The number of carbonyl (C=O) groups excluding carboxylic acids is 2. The SMILES string of the molecule is O=C(NC1CCCC1)[C@@H](Cc1ccccc1)N(Cc1c(Cl)cccc1Cl)C(=O)COc1ccc2ccccc2c1Br. The highest BCUT2D eigenvalue weighted by Crippen LogP contribution is 2.33. The molecule has 1 aliphatic rings. The van der Waals surface area contributed by atoms with Crippen LogP contribution < -0.4 is 10.1 Å². The van der Waals surface area contributed by atoms with Crippen molar-refractivity contribution in [3.8, 4) is 5.75 Å². The van der Waals surface area contributed by atoms with Crippen molar-refractivity contribution in [1.82, 2.24) is 10.2 Å². The molecule has 212 valence electrons. The molecule has 0 saturated heterocycles. The Morgan fingerprint density at radius 2 is 1.59 bits per heavy atom. The zero-order valence-electron chi connectivity index (χ0n) is 22.5. The van der Waals surface area contributed by atoms with Crippen LogP contribution in [0.5, 0.6) is 5.75 Å². The summed E-state index contributed by atoms with van der Waals surface area (Å²) in [7, 11) is 0. The van der Waals surface area contributed by atoms with E-state index in [9.17, 15) is 9.59 Å². The lowest BCUT2D eigenvalue weighted by Crippen LogP contribution is -2.53. The summed E-state index contributed by atoms with van der Waals surface area (Å²) in [6.45, 7) is -0.198. The Hall–Kier alpha value is -3.06. The molecule has 0 aliphatic heterocycles. The highest BCUT2D eigenvalue weighted by atomic mass is 79.9. The third-order valence-electron chi connectivity index (χ3n) is 7.54. The molecule has 0 aromatic heterocycles. The fourth-order valence-corrected chi connectivity index (χ4v) is 6.45. The Labute approximate surface area is 258 Å². The lowest BCUT2D eigenvalue weighted by Gasteiger charge is -2.32. The van der Waals surface area contributed by atoms with Crippen LogP contribution in [0.2, 0.25) is 10.0 Å². The number of rotatable bonds is 10. The van der Waals surface area contributed by atoms with Gasteiger partial charge in [-0.1, -0.05) is 103 Å². The van der Waals surface area contributed by atoms with Crippen molar-refractivity contribution in [3.63, 3.8) is 0 Å². The molecule has 1 N–H and O–H groups in total. The number of hydrogen-bond donors (Lipinski definition) is 1. The number of benzene rings is 4. The minimum absolute atomic E-state index is 0.0647. The van der Waals surface area contributed by atoms with Crippen LogP contribution in [-0.4, -0.2) is 35.4 Å². The molecule has 1 fully saturated rings. The fourth-order valence-electron chi connectivity index (χ4n) is 5.32. The Balaban J connectivity index is 1.46. The van der Waals surface area contributed by atoms with E-state index in [1.807, 2.05) is 66.7 Å². The molecule has 2 amide bonds. The number of nitrogens with zero attached hydrogens (tertiary/aromatic N) is 1. The maximum atomic E-state index is 14.0. The minimum Gasteiger partial charge on any atom is -0.483 e. The smallest absolute Gasteiger partial charge is 0.261 e. The second kappa shape index (κ2) is 13.7. The monoisotopic (exact) mass is 652 g/mol. The molecule has 0 heterocycles. The van der Waals surface area contributed by atoms with E-state index >= 15 is 0 Å². The third-order valence-corrected chi connectivity index (χ3v) is 9.07. The van der Waals surface area contributed by atoms with E-state index in [0.717, 1.165) is 46.5 Å². The molecule has 5 nitrogen and oxygen atoms in total. The molecule has 1 atom stereocenters. The van der Waals surface area contributed by atoms with E-state index in [1.165, 1.54) is 0 Å². The highest BCUT2D eigenvalue weighted by molar-refractivity contribution is 9.10. The van der Waals surface area contributed by atoms with Gasteiger partial charge in [-0.2, -0.15) is 0 Å². The van der Waals surface area contributed by atoms with Crippen molar-refractivity contribution in [2.75, 3.05) is 6.61 Å². The van der Waals surface area contributed by atoms with Gasteiger partial charge in [0.15, 0.2) is 6.61 Å². The largest absolute Gasteiger partial charge is 0.483 e. The van der Waals surface area contributed by atoms with E-state index in [4.69, 9.17) is 27.9 Å². The molecule has 41 heavy (non-hydrogen) atoms. The zero-order chi connectivity index (χ0) is 28.8. The van der Waals surface area contributed by atoms with Crippen LogP contribution in [0.4, 0.5) is 0 Å². The van der Waals surface area contributed by atoms with Gasteiger partial charge in [-0.3, -0.25) is 9.59 Å².